The number of carbonyl (C=O) groups is 2. The minimum absolute atomic E-state index is 0.0257. The molecule has 4 heteroatoms. The monoisotopic (exact) mass is 228 g/mol. The Hall–Kier alpha value is -1.06. The molecule has 0 bridgehead atoms. The topological polar surface area (TPSA) is 58.2 Å². The Labute approximate surface area is 98.2 Å². The molecule has 0 radical (unpaired) electrons. The number of carbonyl (C=O) groups excluding carboxylic acids is 2. The first-order valence-electron chi connectivity index (χ1n) is 5.90. The van der Waals surface area contributed by atoms with Crippen molar-refractivity contribution in [2.24, 2.45) is 11.8 Å². The van der Waals surface area contributed by atoms with Crippen LogP contribution in [0.3, 0.4) is 0 Å². The van der Waals surface area contributed by atoms with E-state index < -0.39 is 0 Å². The van der Waals surface area contributed by atoms with E-state index in [1.54, 1.807) is 0 Å². The van der Waals surface area contributed by atoms with Crippen LogP contribution in [-0.4, -0.2) is 24.9 Å². The Bertz CT molecular complexity index is 229. The SMILES string of the molecule is CC(=O)NCCC(C)CC(C)CNC(C)=O. The summed E-state index contributed by atoms with van der Waals surface area (Å²) in [5.41, 5.74) is 0. The summed E-state index contributed by atoms with van der Waals surface area (Å²) < 4.78 is 0. The van der Waals surface area contributed by atoms with Crippen molar-refractivity contribution in [3.63, 3.8) is 0 Å². The van der Waals surface area contributed by atoms with Crippen molar-refractivity contribution < 1.29 is 9.59 Å². The third-order valence-corrected chi connectivity index (χ3v) is 2.52. The van der Waals surface area contributed by atoms with E-state index in [0.29, 0.717) is 11.8 Å². The fourth-order valence-corrected chi connectivity index (χ4v) is 1.70. The van der Waals surface area contributed by atoms with Crippen molar-refractivity contribution in [3.8, 4) is 0 Å². The summed E-state index contributed by atoms with van der Waals surface area (Å²) in [6.07, 6.45) is 2.06. The van der Waals surface area contributed by atoms with E-state index in [0.717, 1.165) is 25.9 Å². The van der Waals surface area contributed by atoms with E-state index in [9.17, 15) is 9.59 Å². The van der Waals surface area contributed by atoms with Crippen LogP contribution in [0.15, 0.2) is 0 Å². The number of amides is 2. The fourth-order valence-electron chi connectivity index (χ4n) is 1.70. The zero-order valence-electron chi connectivity index (χ0n) is 10.8. The predicted octanol–water partition coefficient (Wildman–Crippen LogP) is 1.31. The Morgan fingerprint density at radius 1 is 1.00 bits per heavy atom. The highest BCUT2D eigenvalue weighted by molar-refractivity contribution is 5.73. The highest BCUT2D eigenvalue weighted by Gasteiger charge is 2.09. The molecule has 2 N–H and O–H groups in total. The van der Waals surface area contributed by atoms with Gasteiger partial charge in [-0.3, -0.25) is 9.59 Å². The van der Waals surface area contributed by atoms with Gasteiger partial charge in [-0.2, -0.15) is 0 Å². The molecule has 0 aliphatic carbocycles. The number of rotatable bonds is 7. The average molecular weight is 228 g/mol. The van der Waals surface area contributed by atoms with E-state index in [1.807, 2.05) is 0 Å². The van der Waals surface area contributed by atoms with Gasteiger partial charge < -0.3 is 10.6 Å². The maximum absolute atomic E-state index is 10.7. The standard InChI is InChI=1S/C12H24N2O2/c1-9(5-6-13-11(3)15)7-10(2)8-14-12(4)16/h9-10H,5-8H2,1-4H3,(H,13,15)(H,14,16). The Morgan fingerprint density at radius 3 is 2.06 bits per heavy atom. The lowest BCUT2D eigenvalue weighted by Crippen LogP contribution is -2.27. The third kappa shape index (κ3) is 9.49. The second-order valence-corrected chi connectivity index (χ2v) is 4.65. The molecular formula is C12H24N2O2. The summed E-state index contributed by atoms with van der Waals surface area (Å²) in [6, 6.07) is 0. The van der Waals surface area contributed by atoms with Gasteiger partial charge in [0, 0.05) is 26.9 Å². The Balaban J connectivity index is 3.57. The maximum atomic E-state index is 10.7. The van der Waals surface area contributed by atoms with Crippen LogP contribution in [0.4, 0.5) is 0 Å². The Morgan fingerprint density at radius 2 is 1.56 bits per heavy atom. The van der Waals surface area contributed by atoms with Gasteiger partial charge in [0.25, 0.3) is 0 Å². The van der Waals surface area contributed by atoms with Gasteiger partial charge in [-0.15, -0.1) is 0 Å². The molecular weight excluding hydrogens is 204 g/mol. The molecule has 16 heavy (non-hydrogen) atoms. The van der Waals surface area contributed by atoms with Crippen molar-refractivity contribution >= 4 is 11.8 Å². The maximum Gasteiger partial charge on any atom is 0.216 e. The lowest BCUT2D eigenvalue weighted by atomic mass is 9.94. The first kappa shape index (κ1) is 14.9. The van der Waals surface area contributed by atoms with Crippen LogP contribution in [0, 0.1) is 11.8 Å². The van der Waals surface area contributed by atoms with Crippen LogP contribution in [0.2, 0.25) is 0 Å². The van der Waals surface area contributed by atoms with Crippen LogP contribution < -0.4 is 10.6 Å². The molecule has 2 unspecified atom stereocenters. The van der Waals surface area contributed by atoms with Gasteiger partial charge in [0.1, 0.15) is 0 Å². The lowest BCUT2D eigenvalue weighted by molar-refractivity contribution is -0.120. The van der Waals surface area contributed by atoms with E-state index in [-0.39, 0.29) is 11.8 Å². The Kier molecular flexibility index (Phi) is 7.60. The van der Waals surface area contributed by atoms with Gasteiger partial charge in [0.15, 0.2) is 0 Å². The summed E-state index contributed by atoms with van der Waals surface area (Å²) in [5.74, 6) is 1.10. The molecule has 0 spiro atoms. The van der Waals surface area contributed by atoms with Crippen LogP contribution in [0.1, 0.15) is 40.5 Å². The fraction of sp³-hybridized carbons (Fsp3) is 0.833. The molecule has 0 aliphatic rings. The molecule has 0 aromatic heterocycles. The van der Waals surface area contributed by atoms with Crippen LogP contribution in [-0.2, 0) is 9.59 Å². The second kappa shape index (κ2) is 8.13. The quantitative estimate of drug-likeness (QED) is 0.690. The molecule has 0 saturated heterocycles. The molecule has 0 aromatic rings. The van der Waals surface area contributed by atoms with E-state index in [2.05, 4.69) is 24.5 Å². The van der Waals surface area contributed by atoms with Crippen molar-refractivity contribution in [2.75, 3.05) is 13.1 Å². The summed E-state index contributed by atoms with van der Waals surface area (Å²) in [5, 5.41) is 5.61. The summed E-state index contributed by atoms with van der Waals surface area (Å²) in [7, 11) is 0. The summed E-state index contributed by atoms with van der Waals surface area (Å²) >= 11 is 0. The minimum Gasteiger partial charge on any atom is -0.356 e. The van der Waals surface area contributed by atoms with Crippen molar-refractivity contribution in [1.82, 2.24) is 10.6 Å². The van der Waals surface area contributed by atoms with E-state index in [1.165, 1.54) is 13.8 Å². The smallest absolute Gasteiger partial charge is 0.216 e. The second-order valence-electron chi connectivity index (χ2n) is 4.65. The lowest BCUT2D eigenvalue weighted by Gasteiger charge is -2.17. The molecule has 2 amide bonds. The van der Waals surface area contributed by atoms with Crippen LogP contribution in [0.25, 0.3) is 0 Å². The summed E-state index contributed by atoms with van der Waals surface area (Å²) in [6.45, 7) is 8.84. The molecule has 0 aliphatic heterocycles. The van der Waals surface area contributed by atoms with E-state index >= 15 is 0 Å². The van der Waals surface area contributed by atoms with Gasteiger partial charge in [-0.25, -0.2) is 0 Å². The zero-order valence-corrected chi connectivity index (χ0v) is 10.8. The molecule has 0 aromatic carbocycles. The summed E-state index contributed by atoms with van der Waals surface area (Å²) in [4.78, 5) is 21.4. The van der Waals surface area contributed by atoms with Gasteiger partial charge in [0.2, 0.25) is 11.8 Å². The first-order chi connectivity index (χ1) is 7.41. The van der Waals surface area contributed by atoms with Crippen LogP contribution >= 0.6 is 0 Å². The first-order valence-corrected chi connectivity index (χ1v) is 5.90. The van der Waals surface area contributed by atoms with Gasteiger partial charge >= 0.3 is 0 Å². The van der Waals surface area contributed by atoms with Crippen molar-refractivity contribution in [3.05, 3.63) is 0 Å². The van der Waals surface area contributed by atoms with Crippen molar-refractivity contribution in [2.45, 2.75) is 40.5 Å². The molecule has 4 nitrogen and oxygen atoms in total. The molecule has 2 atom stereocenters. The highest BCUT2D eigenvalue weighted by Crippen LogP contribution is 2.13. The van der Waals surface area contributed by atoms with Crippen LogP contribution in [0.5, 0.6) is 0 Å². The predicted molar refractivity (Wildman–Crippen MR) is 64.9 cm³/mol. The molecule has 0 fully saturated rings. The molecule has 0 heterocycles. The molecule has 0 saturated carbocycles. The highest BCUT2D eigenvalue weighted by atomic mass is 16.1. The van der Waals surface area contributed by atoms with Gasteiger partial charge in [-0.1, -0.05) is 13.8 Å². The number of nitrogens with one attached hydrogen (secondary N) is 2. The van der Waals surface area contributed by atoms with Gasteiger partial charge in [-0.05, 0) is 24.7 Å². The average Bonchev–Trinajstić information content (AvgIpc) is 2.14. The number of hydrogen-bond acceptors (Lipinski definition) is 2. The molecule has 0 rings (SSSR count). The van der Waals surface area contributed by atoms with Gasteiger partial charge in [0.05, 0.1) is 0 Å². The van der Waals surface area contributed by atoms with Crippen molar-refractivity contribution in [1.29, 1.82) is 0 Å². The number of hydrogen-bond donors (Lipinski definition) is 2. The minimum atomic E-state index is 0.0257. The largest absolute Gasteiger partial charge is 0.356 e. The molecule has 94 valence electrons. The third-order valence-electron chi connectivity index (χ3n) is 2.52. The normalized spacial score (nSPS) is 14.0. The zero-order chi connectivity index (χ0) is 12.6. The van der Waals surface area contributed by atoms with E-state index in [4.69, 9.17) is 0 Å².